The first-order chi connectivity index (χ1) is 14.5. The Bertz CT molecular complexity index is 1170. The molecule has 8 heteroatoms. The molecule has 4 aromatic rings. The van der Waals surface area contributed by atoms with Gasteiger partial charge in [-0.15, -0.1) is 0 Å². The molecule has 1 heterocycles. The molecule has 150 valence electrons. The first-order valence-electron chi connectivity index (χ1n) is 8.95. The lowest BCUT2D eigenvalue weighted by atomic mass is 10.1. The van der Waals surface area contributed by atoms with Crippen LogP contribution in [-0.4, -0.2) is 15.9 Å². The van der Waals surface area contributed by atoms with Gasteiger partial charge in [0, 0.05) is 15.6 Å². The van der Waals surface area contributed by atoms with E-state index in [1.165, 1.54) is 4.68 Å². The van der Waals surface area contributed by atoms with Crippen molar-refractivity contribution in [2.75, 3.05) is 11.1 Å². The van der Waals surface area contributed by atoms with Crippen LogP contribution in [0.4, 0.5) is 16.3 Å². The van der Waals surface area contributed by atoms with Gasteiger partial charge in [0.15, 0.2) is 5.82 Å². The molecule has 0 spiro atoms. The highest BCUT2D eigenvalue weighted by molar-refractivity contribution is 6.30. The number of ether oxygens (including phenoxy) is 1. The second-order valence-electron chi connectivity index (χ2n) is 6.33. The van der Waals surface area contributed by atoms with E-state index in [2.05, 4.69) is 10.4 Å². The fraction of sp³-hybridized carbons (Fsp3) is 0. The van der Waals surface area contributed by atoms with Crippen molar-refractivity contribution in [1.29, 1.82) is 0 Å². The topological polar surface area (TPSA) is 82.2 Å². The van der Waals surface area contributed by atoms with E-state index in [1.54, 1.807) is 72.8 Å². The zero-order valence-electron chi connectivity index (χ0n) is 15.5. The third-order valence-electron chi connectivity index (χ3n) is 4.29. The molecule has 0 aliphatic carbocycles. The summed E-state index contributed by atoms with van der Waals surface area (Å²) in [5.74, 6) is 0.652. The quantitative estimate of drug-likeness (QED) is 0.406. The van der Waals surface area contributed by atoms with Crippen LogP contribution in [0.5, 0.6) is 5.75 Å². The van der Waals surface area contributed by atoms with Gasteiger partial charge in [-0.1, -0.05) is 53.5 Å². The van der Waals surface area contributed by atoms with Gasteiger partial charge in [0.25, 0.3) is 0 Å². The molecule has 0 saturated carbocycles. The number of rotatable bonds is 4. The number of nitrogens with zero attached hydrogens (tertiary/aromatic N) is 2. The van der Waals surface area contributed by atoms with E-state index < -0.39 is 6.09 Å². The monoisotopic (exact) mass is 438 g/mol. The minimum Gasteiger partial charge on any atom is -0.410 e. The van der Waals surface area contributed by atoms with Crippen LogP contribution in [0.1, 0.15) is 0 Å². The van der Waals surface area contributed by atoms with E-state index in [4.69, 9.17) is 33.7 Å². The highest BCUT2D eigenvalue weighted by Gasteiger charge is 2.21. The third-order valence-corrected chi connectivity index (χ3v) is 4.79. The molecular formula is C22H16Cl2N4O2. The van der Waals surface area contributed by atoms with Crippen LogP contribution in [0.15, 0.2) is 78.9 Å². The van der Waals surface area contributed by atoms with Crippen molar-refractivity contribution in [2.24, 2.45) is 0 Å². The molecule has 0 saturated heterocycles. The lowest BCUT2D eigenvalue weighted by molar-refractivity contribution is 0.215. The molecule has 0 unspecified atom stereocenters. The van der Waals surface area contributed by atoms with E-state index >= 15 is 0 Å². The van der Waals surface area contributed by atoms with Gasteiger partial charge in [-0.2, -0.15) is 5.10 Å². The number of anilines is 2. The van der Waals surface area contributed by atoms with Gasteiger partial charge in [0.2, 0.25) is 0 Å². The summed E-state index contributed by atoms with van der Waals surface area (Å²) in [5, 5.41) is 8.49. The van der Waals surface area contributed by atoms with Gasteiger partial charge in [0.05, 0.1) is 5.69 Å². The Morgan fingerprint density at radius 1 is 0.900 bits per heavy atom. The number of aromatic nitrogens is 2. The Kier molecular flexibility index (Phi) is 5.61. The Labute approximate surface area is 182 Å². The summed E-state index contributed by atoms with van der Waals surface area (Å²) in [4.78, 5) is 12.5. The number of nitrogens with one attached hydrogen (secondary N) is 1. The molecule has 3 aromatic carbocycles. The number of hydrogen-bond acceptors (Lipinski definition) is 4. The highest BCUT2D eigenvalue weighted by Crippen LogP contribution is 2.35. The molecule has 0 bridgehead atoms. The molecule has 1 aromatic heterocycles. The van der Waals surface area contributed by atoms with Crippen LogP contribution in [0.3, 0.4) is 0 Å². The normalized spacial score (nSPS) is 10.6. The largest absolute Gasteiger partial charge is 0.417 e. The van der Waals surface area contributed by atoms with Crippen LogP contribution < -0.4 is 15.8 Å². The molecule has 0 aliphatic rings. The lowest BCUT2D eigenvalue weighted by Crippen LogP contribution is -2.18. The number of halogens is 2. The predicted octanol–water partition coefficient (Wildman–Crippen LogP) is 6.04. The summed E-state index contributed by atoms with van der Waals surface area (Å²) < 4.78 is 6.86. The minimum atomic E-state index is -0.682. The zero-order valence-corrected chi connectivity index (χ0v) is 17.1. The summed E-state index contributed by atoms with van der Waals surface area (Å²) >= 11 is 12.0. The fourth-order valence-electron chi connectivity index (χ4n) is 2.87. The van der Waals surface area contributed by atoms with Crippen LogP contribution in [0, 0.1) is 0 Å². The number of amides is 1. The third kappa shape index (κ3) is 4.25. The van der Waals surface area contributed by atoms with Crippen molar-refractivity contribution in [3.05, 3.63) is 88.9 Å². The van der Waals surface area contributed by atoms with Gasteiger partial charge in [-0.25, -0.2) is 9.48 Å². The van der Waals surface area contributed by atoms with Gasteiger partial charge in [0.1, 0.15) is 17.1 Å². The summed E-state index contributed by atoms with van der Waals surface area (Å²) in [5.41, 5.74) is 8.58. The first kappa shape index (κ1) is 19.8. The maximum atomic E-state index is 12.5. The summed E-state index contributed by atoms with van der Waals surface area (Å²) in [7, 11) is 0. The minimum absolute atomic E-state index is 0.243. The maximum Gasteiger partial charge on any atom is 0.417 e. The van der Waals surface area contributed by atoms with Crippen molar-refractivity contribution in [1.82, 2.24) is 9.78 Å². The highest BCUT2D eigenvalue weighted by atomic mass is 35.5. The number of para-hydroxylation sites is 1. The van der Waals surface area contributed by atoms with Gasteiger partial charge < -0.3 is 10.5 Å². The molecule has 0 atom stereocenters. The second-order valence-corrected chi connectivity index (χ2v) is 7.20. The van der Waals surface area contributed by atoms with E-state index in [-0.39, 0.29) is 5.82 Å². The summed E-state index contributed by atoms with van der Waals surface area (Å²) in [6.45, 7) is 0. The average molecular weight is 439 g/mol. The number of carbonyl (C=O) groups is 1. The predicted molar refractivity (Wildman–Crippen MR) is 120 cm³/mol. The lowest BCUT2D eigenvalue weighted by Gasteiger charge is -2.08. The fourth-order valence-corrected chi connectivity index (χ4v) is 3.12. The molecule has 0 fully saturated rings. The average Bonchev–Trinajstić information content (AvgIpc) is 3.06. The molecule has 1 amide bonds. The Morgan fingerprint density at radius 3 is 2.13 bits per heavy atom. The summed E-state index contributed by atoms with van der Waals surface area (Å²) in [6, 6.07) is 22.8. The van der Waals surface area contributed by atoms with E-state index in [9.17, 15) is 4.79 Å². The first-order valence-corrected chi connectivity index (χ1v) is 9.71. The van der Waals surface area contributed by atoms with Crippen molar-refractivity contribution < 1.29 is 9.53 Å². The van der Waals surface area contributed by atoms with Crippen LogP contribution in [0.2, 0.25) is 10.0 Å². The smallest absolute Gasteiger partial charge is 0.410 e. The van der Waals surface area contributed by atoms with Gasteiger partial charge in [-0.3, -0.25) is 5.32 Å². The van der Waals surface area contributed by atoms with Crippen LogP contribution in [-0.2, 0) is 0 Å². The number of hydrogen-bond donors (Lipinski definition) is 2. The van der Waals surface area contributed by atoms with Crippen LogP contribution in [0.25, 0.3) is 16.9 Å². The van der Waals surface area contributed by atoms with Crippen LogP contribution >= 0.6 is 23.2 Å². The van der Waals surface area contributed by atoms with Gasteiger partial charge >= 0.3 is 6.09 Å². The van der Waals surface area contributed by atoms with E-state index in [0.717, 1.165) is 5.56 Å². The maximum absolute atomic E-state index is 12.5. The number of nitrogen functional groups attached to an aromatic ring is 1. The second kappa shape index (κ2) is 8.49. The SMILES string of the molecule is Nc1c(NC(=O)Oc2ccccc2)c(-c2ccc(Cl)cc2)nn1-c1ccc(Cl)cc1. The molecule has 0 aliphatic heterocycles. The number of carbonyl (C=O) groups excluding carboxylic acids is 1. The molecule has 4 rings (SSSR count). The van der Waals surface area contributed by atoms with Crippen molar-refractivity contribution in [2.45, 2.75) is 0 Å². The Hall–Kier alpha value is -3.48. The number of nitrogens with two attached hydrogens (primary N) is 1. The molecule has 3 N–H and O–H groups in total. The molecule has 30 heavy (non-hydrogen) atoms. The molecular weight excluding hydrogens is 423 g/mol. The molecule has 0 radical (unpaired) electrons. The molecule has 6 nitrogen and oxygen atoms in total. The van der Waals surface area contributed by atoms with Crippen molar-refractivity contribution >= 4 is 40.8 Å². The standard InChI is InChI=1S/C22H16Cl2N4O2/c23-15-8-6-14(7-9-15)19-20(26-22(29)30-18-4-2-1-3-5-18)21(25)28(27-19)17-12-10-16(24)11-13-17/h1-13H,25H2,(H,26,29). The van der Waals surface area contributed by atoms with E-state index in [1.807, 2.05) is 6.07 Å². The summed E-state index contributed by atoms with van der Waals surface area (Å²) in [6.07, 6.45) is -0.682. The van der Waals surface area contributed by atoms with Crippen molar-refractivity contribution in [3.8, 4) is 22.7 Å². The number of benzene rings is 3. The van der Waals surface area contributed by atoms with Crippen molar-refractivity contribution in [3.63, 3.8) is 0 Å². The van der Waals surface area contributed by atoms with E-state index in [0.29, 0.717) is 32.9 Å². The zero-order chi connectivity index (χ0) is 21.1. The Balaban J connectivity index is 1.73. The Morgan fingerprint density at radius 2 is 1.50 bits per heavy atom. The van der Waals surface area contributed by atoms with Gasteiger partial charge in [-0.05, 0) is 48.5 Å².